The molecule has 30 heavy (non-hydrogen) atoms. The third kappa shape index (κ3) is 3.83. The zero-order valence-corrected chi connectivity index (χ0v) is 16.2. The van der Waals surface area contributed by atoms with Crippen LogP contribution in [0.2, 0.25) is 0 Å². The fourth-order valence-corrected chi connectivity index (χ4v) is 2.87. The number of rotatable bonds is 5. The van der Waals surface area contributed by atoms with Gasteiger partial charge in [0.05, 0.1) is 22.4 Å². The molecule has 3 N–H and O–H groups in total. The molecule has 4 rings (SSSR count). The van der Waals surface area contributed by atoms with Gasteiger partial charge in [-0.25, -0.2) is 9.59 Å². The van der Waals surface area contributed by atoms with E-state index in [1.165, 1.54) is 11.7 Å². The largest absolute Gasteiger partial charge is 0.448 e. The van der Waals surface area contributed by atoms with Gasteiger partial charge >= 0.3 is 11.7 Å². The Morgan fingerprint density at radius 1 is 1.07 bits per heavy atom. The van der Waals surface area contributed by atoms with E-state index >= 15 is 0 Å². The summed E-state index contributed by atoms with van der Waals surface area (Å²) in [5.74, 6) is -1.27. The molecule has 2 aromatic carbocycles. The summed E-state index contributed by atoms with van der Waals surface area (Å²) in [5, 5.41) is 11.1. The quantitative estimate of drug-likeness (QED) is 0.434. The van der Waals surface area contributed by atoms with Crippen LogP contribution in [0.3, 0.4) is 0 Å². The number of anilines is 1. The van der Waals surface area contributed by atoms with E-state index in [1.54, 1.807) is 37.3 Å². The molecule has 0 saturated carbocycles. The molecule has 4 aromatic rings. The maximum Gasteiger partial charge on any atom is 0.361 e. The number of imidazole rings is 1. The average molecular weight is 406 g/mol. The Kier molecular flexibility index (Phi) is 4.88. The zero-order valence-electron chi connectivity index (χ0n) is 16.2. The van der Waals surface area contributed by atoms with Crippen LogP contribution in [0.15, 0.2) is 53.3 Å². The number of para-hydroxylation sites is 1. The van der Waals surface area contributed by atoms with Gasteiger partial charge < -0.3 is 20.0 Å². The number of carbonyl (C=O) groups excluding carboxylic acids is 2. The van der Waals surface area contributed by atoms with E-state index in [4.69, 9.17) is 4.74 Å². The van der Waals surface area contributed by atoms with Gasteiger partial charge in [-0.1, -0.05) is 18.2 Å². The predicted octanol–water partition coefficient (Wildman–Crippen LogP) is 1.93. The van der Waals surface area contributed by atoms with Crippen LogP contribution < -0.4 is 11.0 Å². The molecular weight excluding hydrogens is 388 g/mol. The van der Waals surface area contributed by atoms with E-state index in [-0.39, 0.29) is 11.4 Å². The van der Waals surface area contributed by atoms with E-state index in [0.29, 0.717) is 28.1 Å². The smallest absolute Gasteiger partial charge is 0.361 e. The summed E-state index contributed by atoms with van der Waals surface area (Å²) < 4.78 is 5.26. The second-order valence-corrected chi connectivity index (χ2v) is 6.64. The highest BCUT2D eigenvalue weighted by atomic mass is 16.5. The van der Waals surface area contributed by atoms with Crippen LogP contribution in [-0.4, -0.2) is 42.9 Å². The number of fused-ring (bicyclic) bond motifs is 1. The summed E-state index contributed by atoms with van der Waals surface area (Å²) in [7, 11) is 0. The van der Waals surface area contributed by atoms with Crippen molar-refractivity contribution in [3.8, 4) is 5.69 Å². The summed E-state index contributed by atoms with van der Waals surface area (Å²) in [4.78, 5) is 42.8. The lowest BCUT2D eigenvalue weighted by Gasteiger charge is -2.13. The highest BCUT2D eigenvalue weighted by Gasteiger charge is 2.23. The molecule has 0 bridgehead atoms. The van der Waals surface area contributed by atoms with Gasteiger partial charge in [0, 0.05) is 5.69 Å². The minimum atomic E-state index is -1.07. The number of nitrogens with one attached hydrogen (secondary N) is 3. The summed E-state index contributed by atoms with van der Waals surface area (Å²) >= 11 is 0. The second-order valence-electron chi connectivity index (χ2n) is 6.64. The fraction of sp³-hybridized carbons (Fsp3) is 0.150. The zero-order chi connectivity index (χ0) is 21.3. The molecule has 0 spiro atoms. The first-order valence-corrected chi connectivity index (χ1v) is 9.14. The summed E-state index contributed by atoms with van der Waals surface area (Å²) in [5.41, 5.74) is 2.41. The first kappa shape index (κ1) is 19.1. The maximum atomic E-state index is 12.5. The fourth-order valence-electron chi connectivity index (χ4n) is 2.87. The number of hydrogen-bond acceptors (Lipinski definition) is 6. The average Bonchev–Trinajstić information content (AvgIpc) is 3.30. The van der Waals surface area contributed by atoms with Crippen LogP contribution >= 0.6 is 0 Å². The number of esters is 1. The Morgan fingerprint density at radius 2 is 1.80 bits per heavy atom. The van der Waals surface area contributed by atoms with E-state index in [1.807, 2.05) is 18.2 Å². The predicted molar refractivity (Wildman–Crippen MR) is 109 cm³/mol. The minimum absolute atomic E-state index is 0.0322. The normalized spacial score (nSPS) is 11.9. The third-order valence-electron chi connectivity index (χ3n) is 4.40. The van der Waals surface area contributed by atoms with Crippen LogP contribution in [0, 0.1) is 6.92 Å². The standard InChI is InChI=1S/C20H18N6O4/c1-11-17(25-26(24-11)14-6-4-3-5-7-14)19(28)30-12(2)18(27)21-13-8-9-15-16(10-13)23-20(29)22-15/h3-10,12H,1-2H3,(H,21,27)(H2,22,23,29)/t12-/m1/s1. The number of carbonyl (C=O) groups is 2. The molecule has 152 valence electrons. The van der Waals surface area contributed by atoms with Crippen LogP contribution in [0.25, 0.3) is 16.7 Å². The topological polar surface area (TPSA) is 135 Å². The Labute approximate surface area is 169 Å². The first-order valence-electron chi connectivity index (χ1n) is 9.14. The molecule has 1 amide bonds. The lowest BCUT2D eigenvalue weighted by molar-refractivity contribution is -0.123. The number of aromatic nitrogens is 5. The Hall–Kier alpha value is -4.21. The molecule has 0 saturated heterocycles. The molecule has 0 aliphatic carbocycles. The molecule has 2 heterocycles. The highest BCUT2D eigenvalue weighted by Crippen LogP contribution is 2.16. The molecule has 0 aliphatic heterocycles. The van der Waals surface area contributed by atoms with Crippen molar-refractivity contribution < 1.29 is 14.3 Å². The second kappa shape index (κ2) is 7.66. The molecule has 10 nitrogen and oxygen atoms in total. The Bertz CT molecular complexity index is 1290. The monoisotopic (exact) mass is 406 g/mol. The van der Waals surface area contributed by atoms with Crippen molar-refractivity contribution in [3.63, 3.8) is 0 Å². The van der Waals surface area contributed by atoms with Gasteiger partial charge in [-0.2, -0.15) is 9.90 Å². The minimum Gasteiger partial charge on any atom is -0.448 e. The molecule has 0 fully saturated rings. The van der Waals surface area contributed by atoms with E-state index in [2.05, 4.69) is 25.5 Å². The summed E-state index contributed by atoms with van der Waals surface area (Å²) in [6.07, 6.45) is -1.07. The van der Waals surface area contributed by atoms with Crippen LogP contribution in [-0.2, 0) is 9.53 Å². The molecule has 1 atom stereocenters. The van der Waals surface area contributed by atoms with Gasteiger partial charge in [0.1, 0.15) is 0 Å². The molecule has 0 aliphatic rings. The van der Waals surface area contributed by atoms with Crippen LogP contribution in [0.1, 0.15) is 23.1 Å². The number of aryl methyl sites for hydroxylation is 1. The summed E-state index contributed by atoms with van der Waals surface area (Å²) in [6, 6.07) is 14.0. The third-order valence-corrected chi connectivity index (χ3v) is 4.40. The van der Waals surface area contributed by atoms with Crippen molar-refractivity contribution >= 4 is 28.6 Å². The number of benzene rings is 2. The maximum absolute atomic E-state index is 12.5. The van der Waals surface area contributed by atoms with Crippen molar-refractivity contribution in [2.24, 2.45) is 0 Å². The number of amides is 1. The van der Waals surface area contributed by atoms with Crippen molar-refractivity contribution in [2.75, 3.05) is 5.32 Å². The molecule has 0 unspecified atom stereocenters. The van der Waals surface area contributed by atoms with Crippen LogP contribution in [0.5, 0.6) is 0 Å². The highest BCUT2D eigenvalue weighted by molar-refractivity contribution is 5.98. The van der Waals surface area contributed by atoms with Gasteiger partial charge in [-0.05, 0) is 44.2 Å². The number of hydrogen-bond donors (Lipinski definition) is 3. The first-order chi connectivity index (χ1) is 14.4. The lowest BCUT2D eigenvalue weighted by Crippen LogP contribution is -2.30. The van der Waals surface area contributed by atoms with E-state index < -0.39 is 18.0 Å². The molecular formula is C20H18N6O4. The van der Waals surface area contributed by atoms with Crippen molar-refractivity contribution in [1.82, 2.24) is 25.0 Å². The van der Waals surface area contributed by atoms with Gasteiger partial charge in [0.2, 0.25) is 0 Å². The Balaban J connectivity index is 1.44. The number of nitrogens with zero attached hydrogens (tertiary/aromatic N) is 3. The van der Waals surface area contributed by atoms with Crippen molar-refractivity contribution in [3.05, 3.63) is 70.4 Å². The SMILES string of the molecule is Cc1nn(-c2ccccc2)nc1C(=O)O[C@H](C)C(=O)Nc1ccc2[nH]c(=O)[nH]c2c1. The number of aromatic amines is 2. The van der Waals surface area contributed by atoms with E-state index in [0.717, 1.165) is 0 Å². The molecule has 10 heteroatoms. The van der Waals surface area contributed by atoms with Gasteiger partial charge in [-0.3, -0.25) is 4.79 Å². The van der Waals surface area contributed by atoms with Gasteiger partial charge in [0.15, 0.2) is 11.8 Å². The van der Waals surface area contributed by atoms with Crippen LogP contribution in [0.4, 0.5) is 5.69 Å². The van der Waals surface area contributed by atoms with Crippen molar-refractivity contribution in [1.29, 1.82) is 0 Å². The Morgan fingerprint density at radius 3 is 2.57 bits per heavy atom. The van der Waals surface area contributed by atoms with Gasteiger partial charge in [-0.15, -0.1) is 5.10 Å². The van der Waals surface area contributed by atoms with E-state index in [9.17, 15) is 14.4 Å². The van der Waals surface area contributed by atoms with Crippen molar-refractivity contribution in [2.45, 2.75) is 20.0 Å². The lowest BCUT2D eigenvalue weighted by atomic mass is 10.2. The number of ether oxygens (including phenoxy) is 1. The molecule has 0 radical (unpaired) electrons. The number of H-pyrrole nitrogens is 2. The van der Waals surface area contributed by atoms with Gasteiger partial charge in [0.25, 0.3) is 5.91 Å². The summed E-state index contributed by atoms with van der Waals surface area (Å²) in [6.45, 7) is 3.10. The molecule has 2 aromatic heterocycles.